The summed E-state index contributed by atoms with van der Waals surface area (Å²) in [6.45, 7) is 0. The van der Waals surface area contributed by atoms with Crippen molar-refractivity contribution in [2.24, 2.45) is 0 Å². The van der Waals surface area contributed by atoms with Crippen LogP contribution in [0.25, 0.3) is 0 Å². The largest absolute Gasteiger partial charge is 0.351 e. The summed E-state index contributed by atoms with van der Waals surface area (Å²) in [5.41, 5.74) is 1.48. The van der Waals surface area contributed by atoms with Gasteiger partial charge in [-0.05, 0) is 18.2 Å². The highest BCUT2D eigenvalue weighted by atomic mass is 35.5. The van der Waals surface area contributed by atoms with Gasteiger partial charge in [0.15, 0.2) is 5.78 Å². The summed E-state index contributed by atoms with van der Waals surface area (Å²) < 4.78 is 0. The van der Waals surface area contributed by atoms with Gasteiger partial charge in [0.05, 0.1) is 37.9 Å². The number of Topliss-reactive ketones (excluding diaryl/α,β-unsaturated/α-hetero) is 1. The quantitative estimate of drug-likeness (QED) is 0.365. The van der Waals surface area contributed by atoms with E-state index in [0.29, 0.717) is 21.4 Å². The lowest BCUT2D eigenvalue weighted by atomic mass is 10.1. The van der Waals surface area contributed by atoms with Gasteiger partial charge in [-0.1, -0.05) is 58.2 Å². The van der Waals surface area contributed by atoms with E-state index in [1.807, 2.05) is 0 Å². The van der Waals surface area contributed by atoms with Crippen LogP contribution in [0.4, 0.5) is 11.4 Å². The number of hydrogen-bond acceptors (Lipinski definition) is 3. The minimum atomic E-state index is -0.334. The van der Waals surface area contributed by atoms with Crippen LogP contribution in [0.3, 0.4) is 0 Å². The molecule has 3 rings (SSSR count). The van der Waals surface area contributed by atoms with Crippen LogP contribution >= 0.6 is 69.8 Å². The summed E-state index contributed by atoms with van der Waals surface area (Å²) in [5.74, 6) is -0.530. The molecule has 2 aromatic carbocycles. The fraction of sp³-hybridized carbons (Fsp3) is 0.0714. The van der Waals surface area contributed by atoms with Gasteiger partial charge in [0, 0.05) is 14.8 Å². The highest BCUT2D eigenvalue weighted by Gasteiger charge is 2.26. The maximum Gasteiger partial charge on any atom is 0.180 e. The zero-order valence-corrected chi connectivity index (χ0v) is 15.2. The van der Waals surface area contributed by atoms with E-state index in [9.17, 15) is 4.79 Å². The molecule has 0 aliphatic carbocycles. The average molecular weight is 414 g/mol. The second-order valence-corrected chi connectivity index (χ2v) is 7.44. The van der Waals surface area contributed by atoms with E-state index in [2.05, 4.69) is 5.32 Å². The molecule has 22 heavy (non-hydrogen) atoms. The van der Waals surface area contributed by atoms with Crippen LogP contribution in [0, 0.1) is 0 Å². The molecule has 0 amide bonds. The fourth-order valence-electron chi connectivity index (χ4n) is 2.11. The van der Waals surface area contributed by atoms with Crippen molar-refractivity contribution in [2.75, 3.05) is 11.2 Å². The van der Waals surface area contributed by atoms with Crippen molar-refractivity contribution in [2.45, 2.75) is 9.79 Å². The number of halogens is 5. The molecule has 0 fully saturated rings. The molecule has 0 unspecified atom stereocenters. The number of carbonyl (C=O) groups is 1. The Morgan fingerprint density at radius 2 is 1.68 bits per heavy atom. The first-order valence-electron chi connectivity index (χ1n) is 5.97. The van der Waals surface area contributed by atoms with E-state index in [0.717, 1.165) is 9.79 Å². The van der Waals surface area contributed by atoms with Gasteiger partial charge >= 0.3 is 0 Å². The molecule has 0 atom stereocenters. The molecule has 0 spiro atoms. The number of fused-ring (bicyclic) bond motifs is 2. The van der Waals surface area contributed by atoms with Crippen LogP contribution in [0.15, 0.2) is 28.0 Å². The van der Waals surface area contributed by atoms with Crippen LogP contribution in [0.2, 0.25) is 20.1 Å². The number of carbonyl (C=O) groups excluding carboxylic acids is 1. The van der Waals surface area contributed by atoms with E-state index < -0.39 is 0 Å². The number of alkyl halides is 1. The molecular formula is C14H6Cl5NOS. The van der Waals surface area contributed by atoms with Gasteiger partial charge in [0.2, 0.25) is 0 Å². The zero-order valence-electron chi connectivity index (χ0n) is 10.6. The number of ketones is 1. The molecule has 1 N–H and O–H groups in total. The summed E-state index contributed by atoms with van der Waals surface area (Å²) in [7, 11) is 0. The monoisotopic (exact) mass is 411 g/mol. The van der Waals surface area contributed by atoms with E-state index in [-0.39, 0.29) is 27.3 Å². The van der Waals surface area contributed by atoms with Crippen molar-refractivity contribution in [1.82, 2.24) is 0 Å². The Balaban J connectivity index is 2.17. The molecule has 1 heterocycles. The summed E-state index contributed by atoms with van der Waals surface area (Å²) in [6.07, 6.45) is 0. The molecule has 0 bridgehead atoms. The van der Waals surface area contributed by atoms with Crippen molar-refractivity contribution >= 4 is 86.9 Å². The normalized spacial score (nSPS) is 12.4. The first-order chi connectivity index (χ1) is 10.4. The van der Waals surface area contributed by atoms with Gasteiger partial charge in [-0.25, -0.2) is 0 Å². The fourth-order valence-corrected chi connectivity index (χ4v) is 4.86. The third kappa shape index (κ3) is 2.79. The Bertz CT molecular complexity index is 809. The van der Waals surface area contributed by atoms with Crippen LogP contribution in [0.5, 0.6) is 0 Å². The number of benzene rings is 2. The lowest BCUT2D eigenvalue weighted by Crippen LogP contribution is -2.08. The molecule has 0 saturated carbocycles. The van der Waals surface area contributed by atoms with Gasteiger partial charge in [-0.3, -0.25) is 4.79 Å². The molecular weight excluding hydrogens is 407 g/mol. The second kappa shape index (κ2) is 6.31. The summed E-state index contributed by atoms with van der Waals surface area (Å²) in [6, 6.07) is 5.11. The molecule has 1 aliphatic heterocycles. The molecule has 0 radical (unpaired) electrons. The first kappa shape index (κ1) is 16.6. The summed E-state index contributed by atoms with van der Waals surface area (Å²) in [5, 5.41) is 4.66. The Kier molecular flexibility index (Phi) is 4.75. The van der Waals surface area contributed by atoms with E-state index in [1.54, 1.807) is 18.2 Å². The van der Waals surface area contributed by atoms with Crippen LogP contribution in [-0.2, 0) is 0 Å². The van der Waals surface area contributed by atoms with Crippen molar-refractivity contribution in [3.05, 3.63) is 43.9 Å². The van der Waals surface area contributed by atoms with Crippen molar-refractivity contribution in [3.8, 4) is 0 Å². The molecule has 2 nitrogen and oxygen atoms in total. The van der Waals surface area contributed by atoms with E-state index in [4.69, 9.17) is 58.0 Å². The highest BCUT2D eigenvalue weighted by molar-refractivity contribution is 7.99. The predicted molar refractivity (Wildman–Crippen MR) is 95.4 cm³/mol. The number of nitrogens with one attached hydrogen (secondary N) is 1. The Labute approximate surface area is 156 Å². The van der Waals surface area contributed by atoms with Gasteiger partial charge in [-0.15, -0.1) is 11.6 Å². The molecule has 0 saturated heterocycles. The van der Waals surface area contributed by atoms with Crippen LogP contribution in [-0.4, -0.2) is 11.7 Å². The minimum absolute atomic E-state index is 0.196. The average Bonchev–Trinajstić information content (AvgIpc) is 2.45. The van der Waals surface area contributed by atoms with Crippen LogP contribution in [0.1, 0.15) is 10.4 Å². The topological polar surface area (TPSA) is 29.1 Å². The maximum absolute atomic E-state index is 11.9. The van der Waals surface area contributed by atoms with E-state index >= 15 is 0 Å². The lowest BCUT2D eigenvalue weighted by molar-refractivity contribution is 0.102. The third-order valence-electron chi connectivity index (χ3n) is 3.07. The maximum atomic E-state index is 11.9. The van der Waals surface area contributed by atoms with Gasteiger partial charge < -0.3 is 5.32 Å². The van der Waals surface area contributed by atoms with Gasteiger partial charge in [0.1, 0.15) is 0 Å². The smallest absolute Gasteiger partial charge is 0.180 e. The number of hydrogen-bond donors (Lipinski definition) is 1. The van der Waals surface area contributed by atoms with Crippen LogP contribution < -0.4 is 5.32 Å². The van der Waals surface area contributed by atoms with Gasteiger partial charge in [0.25, 0.3) is 0 Å². The van der Waals surface area contributed by atoms with Crippen molar-refractivity contribution < 1.29 is 4.79 Å². The Morgan fingerprint density at radius 1 is 1.00 bits per heavy atom. The third-order valence-corrected chi connectivity index (χ3v) is 5.59. The predicted octanol–water partition coefficient (Wildman–Crippen LogP) is 6.93. The molecule has 114 valence electrons. The molecule has 0 aromatic heterocycles. The minimum Gasteiger partial charge on any atom is -0.351 e. The lowest BCUT2D eigenvalue weighted by Gasteiger charge is -2.24. The van der Waals surface area contributed by atoms with Gasteiger partial charge in [-0.2, -0.15) is 0 Å². The Hall–Kier alpha value is -0.290. The SMILES string of the molecule is O=C(CCl)c1c(Cl)cc2c(c1Cl)Nc1c(Cl)cc(Cl)cc1S2. The standard InChI is InChI=1S/C14H6Cl5NOS/c15-4-8(21)11-6(17)3-10-14(12(11)19)20-13-7(18)1-5(16)2-9(13)22-10/h1-3,20H,4H2. The number of rotatable bonds is 2. The Morgan fingerprint density at radius 3 is 2.36 bits per heavy atom. The summed E-state index contributed by atoms with van der Waals surface area (Å²) >= 11 is 31.8. The first-order valence-corrected chi connectivity index (χ1v) is 8.83. The summed E-state index contributed by atoms with van der Waals surface area (Å²) in [4.78, 5) is 13.6. The molecule has 8 heteroatoms. The number of anilines is 2. The molecule has 1 aliphatic rings. The second-order valence-electron chi connectivity index (χ2n) is 4.47. The molecule has 2 aromatic rings. The van der Waals surface area contributed by atoms with Crippen molar-refractivity contribution in [3.63, 3.8) is 0 Å². The van der Waals surface area contributed by atoms with Crippen molar-refractivity contribution in [1.29, 1.82) is 0 Å². The zero-order chi connectivity index (χ0) is 16.0. The highest BCUT2D eigenvalue weighted by Crippen LogP contribution is 2.52. The van der Waals surface area contributed by atoms with E-state index in [1.165, 1.54) is 11.8 Å².